The third-order valence-corrected chi connectivity index (χ3v) is 2.29. The van der Waals surface area contributed by atoms with Crippen molar-refractivity contribution in [2.45, 2.75) is 32.4 Å². The van der Waals surface area contributed by atoms with E-state index in [1.165, 1.54) is 6.42 Å². The predicted octanol–water partition coefficient (Wildman–Crippen LogP) is 1.03. The van der Waals surface area contributed by atoms with E-state index in [1.807, 2.05) is 6.92 Å². The van der Waals surface area contributed by atoms with Gasteiger partial charge in [-0.3, -0.25) is 0 Å². The highest BCUT2D eigenvalue weighted by Crippen LogP contribution is 2.20. The molecule has 2 rings (SSSR count). The van der Waals surface area contributed by atoms with Gasteiger partial charge in [-0.05, 0) is 26.3 Å². The molecule has 1 aromatic rings. The van der Waals surface area contributed by atoms with E-state index < -0.39 is 0 Å². The highest BCUT2D eigenvalue weighted by atomic mass is 16.5. The van der Waals surface area contributed by atoms with Crippen molar-refractivity contribution in [1.82, 2.24) is 15.5 Å². The summed E-state index contributed by atoms with van der Waals surface area (Å²) in [6.45, 7) is 4.06. The van der Waals surface area contributed by atoms with Gasteiger partial charge < -0.3 is 14.6 Å². The monoisotopic (exact) mass is 197 g/mol. The fourth-order valence-corrected chi connectivity index (χ4v) is 1.56. The maximum atomic E-state index is 5.18. The van der Waals surface area contributed by atoms with Crippen LogP contribution in [0.1, 0.15) is 37.5 Å². The van der Waals surface area contributed by atoms with Crippen molar-refractivity contribution in [3.05, 3.63) is 11.7 Å². The van der Waals surface area contributed by atoms with E-state index in [-0.39, 0.29) is 6.04 Å². The molecule has 78 valence electrons. The summed E-state index contributed by atoms with van der Waals surface area (Å²) in [6.07, 6.45) is 2.27. The fraction of sp³-hybridized carbons (Fsp3) is 0.778. The van der Waals surface area contributed by atoms with Crippen molar-refractivity contribution in [1.29, 1.82) is 0 Å². The van der Waals surface area contributed by atoms with E-state index in [0.717, 1.165) is 18.8 Å². The normalized spacial score (nSPS) is 21.6. The summed E-state index contributed by atoms with van der Waals surface area (Å²) >= 11 is 0. The number of hydrogen-bond acceptors (Lipinski definition) is 5. The Balaban J connectivity index is 1.94. The number of aromatic nitrogens is 2. The number of rotatable bonds is 4. The van der Waals surface area contributed by atoms with Gasteiger partial charge in [0.15, 0.2) is 5.82 Å². The van der Waals surface area contributed by atoms with Crippen LogP contribution >= 0.6 is 0 Å². The molecule has 5 nitrogen and oxygen atoms in total. The van der Waals surface area contributed by atoms with Crippen molar-refractivity contribution in [3.63, 3.8) is 0 Å². The van der Waals surface area contributed by atoms with Gasteiger partial charge in [0.2, 0.25) is 0 Å². The van der Waals surface area contributed by atoms with Crippen LogP contribution in [0.5, 0.6) is 0 Å². The molecule has 2 heterocycles. The minimum atomic E-state index is 0.272. The highest BCUT2D eigenvalue weighted by molar-refractivity contribution is 4.96. The van der Waals surface area contributed by atoms with Crippen LogP contribution in [0, 0.1) is 0 Å². The largest absolute Gasteiger partial charge is 0.372 e. The van der Waals surface area contributed by atoms with Crippen LogP contribution in [-0.4, -0.2) is 23.3 Å². The minimum Gasteiger partial charge on any atom is -0.372 e. The quantitative estimate of drug-likeness (QED) is 0.781. The van der Waals surface area contributed by atoms with Gasteiger partial charge in [-0.2, -0.15) is 4.98 Å². The van der Waals surface area contributed by atoms with Crippen molar-refractivity contribution < 1.29 is 9.26 Å². The zero-order valence-corrected chi connectivity index (χ0v) is 8.32. The van der Waals surface area contributed by atoms with Gasteiger partial charge in [-0.25, -0.2) is 0 Å². The molecular weight excluding hydrogens is 182 g/mol. The van der Waals surface area contributed by atoms with E-state index in [2.05, 4.69) is 15.5 Å². The van der Waals surface area contributed by atoms with E-state index in [9.17, 15) is 0 Å². The zero-order chi connectivity index (χ0) is 9.80. The van der Waals surface area contributed by atoms with Gasteiger partial charge in [0, 0.05) is 6.61 Å². The number of hydrogen-bond donors (Lipinski definition) is 1. The number of nitrogens with one attached hydrogen (secondary N) is 1. The molecule has 0 radical (unpaired) electrons. The molecule has 0 aliphatic carbocycles. The lowest BCUT2D eigenvalue weighted by molar-refractivity contribution is 0.109. The standard InChI is InChI=1S/C9H15N3O2/c1-2-13-6-8-11-9(12-14-8)7-4-3-5-10-7/h7,10H,2-6H2,1H3. The Labute approximate surface area is 82.8 Å². The first-order chi connectivity index (χ1) is 6.90. The maximum absolute atomic E-state index is 5.18. The lowest BCUT2D eigenvalue weighted by atomic mass is 10.2. The van der Waals surface area contributed by atoms with Gasteiger partial charge in [0.25, 0.3) is 5.89 Å². The van der Waals surface area contributed by atoms with Gasteiger partial charge >= 0.3 is 0 Å². The Hall–Kier alpha value is -0.940. The highest BCUT2D eigenvalue weighted by Gasteiger charge is 2.21. The van der Waals surface area contributed by atoms with Crippen LogP contribution in [0.4, 0.5) is 0 Å². The van der Waals surface area contributed by atoms with Crippen molar-refractivity contribution in [2.75, 3.05) is 13.2 Å². The van der Waals surface area contributed by atoms with Crippen LogP contribution in [0.2, 0.25) is 0 Å². The molecule has 0 amide bonds. The van der Waals surface area contributed by atoms with Crippen molar-refractivity contribution in [2.24, 2.45) is 0 Å². The second-order valence-corrected chi connectivity index (χ2v) is 3.33. The predicted molar refractivity (Wildman–Crippen MR) is 49.6 cm³/mol. The Morgan fingerprint density at radius 2 is 2.57 bits per heavy atom. The lowest BCUT2D eigenvalue weighted by Crippen LogP contribution is -2.14. The van der Waals surface area contributed by atoms with Crippen LogP contribution in [0.15, 0.2) is 4.52 Å². The van der Waals surface area contributed by atoms with Gasteiger partial charge in [0.05, 0.1) is 6.04 Å². The summed E-state index contributed by atoms with van der Waals surface area (Å²) in [5.74, 6) is 1.33. The molecule has 1 unspecified atom stereocenters. The van der Waals surface area contributed by atoms with Crippen LogP contribution in [0.3, 0.4) is 0 Å². The second-order valence-electron chi connectivity index (χ2n) is 3.33. The summed E-state index contributed by atoms with van der Waals surface area (Å²) in [5, 5.41) is 7.24. The molecule has 1 fully saturated rings. The first-order valence-corrected chi connectivity index (χ1v) is 5.03. The van der Waals surface area contributed by atoms with Gasteiger partial charge in [0.1, 0.15) is 6.61 Å². The Morgan fingerprint density at radius 3 is 3.29 bits per heavy atom. The summed E-state index contributed by atoms with van der Waals surface area (Å²) in [5.41, 5.74) is 0. The topological polar surface area (TPSA) is 60.2 Å². The molecular formula is C9H15N3O2. The number of ether oxygens (including phenoxy) is 1. The molecule has 1 atom stereocenters. The van der Waals surface area contributed by atoms with Crippen molar-refractivity contribution in [3.8, 4) is 0 Å². The maximum Gasteiger partial charge on any atom is 0.252 e. The smallest absolute Gasteiger partial charge is 0.252 e. The molecule has 0 bridgehead atoms. The van der Waals surface area contributed by atoms with Crippen LogP contribution in [-0.2, 0) is 11.3 Å². The molecule has 1 aliphatic heterocycles. The molecule has 1 aliphatic rings. The average Bonchev–Trinajstić information content (AvgIpc) is 2.85. The Kier molecular flexibility index (Phi) is 3.10. The van der Waals surface area contributed by atoms with E-state index in [1.54, 1.807) is 0 Å². The summed E-state index contributed by atoms with van der Waals surface area (Å²) < 4.78 is 10.2. The Morgan fingerprint density at radius 1 is 1.64 bits per heavy atom. The summed E-state index contributed by atoms with van der Waals surface area (Å²) in [7, 11) is 0. The third kappa shape index (κ3) is 2.10. The molecule has 1 saturated heterocycles. The molecule has 0 aromatic carbocycles. The van der Waals surface area contributed by atoms with E-state index in [0.29, 0.717) is 19.1 Å². The van der Waals surface area contributed by atoms with Crippen LogP contribution in [0.25, 0.3) is 0 Å². The SMILES string of the molecule is CCOCc1nc(C2CCCN2)no1. The third-order valence-electron chi connectivity index (χ3n) is 2.29. The Bertz CT molecular complexity index is 281. The summed E-state index contributed by atoms with van der Waals surface area (Å²) in [4.78, 5) is 4.26. The second kappa shape index (κ2) is 4.52. The van der Waals surface area contributed by atoms with Crippen LogP contribution < -0.4 is 5.32 Å². The summed E-state index contributed by atoms with van der Waals surface area (Å²) in [6, 6.07) is 0.272. The van der Waals surface area contributed by atoms with E-state index in [4.69, 9.17) is 9.26 Å². The lowest BCUT2D eigenvalue weighted by Gasteiger charge is -2.01. The van der Waals surface area contributed by atoms with Crippen molar-refractivity contribution >= 4 is 0 Å². The van der Waals surface area contributed by atoms with Gasteiger partial charge in [-0.1, -0.05) is 5.16 Å². The van der Waals surface area contributed by atoms with Gasteiger partial charge in [-0.15, -0.1) is 0 Å². The fourth-order valence-electron chi connectivity index (χ4n) is 1.56. The number of nitrogens with zero attached hydrogens (tertiary/aromatic N) is 2. The molecule has 1 aromatic heterocycles. The first kappa shape index (κ1) is 9.61. The average molecular weight is 197 g/mol. The molecule has 5 heteroatoms. The molecule has 1 N–H and O–H groups in total. The minimum absolute atomic E-state index is 0.272. The first-order valence-electron chi connectivity index (χ1n) is 5.03. The molecule has 14 heavy (non-hydrogen) atoms. The molecule has 0 spiro atoms. The molecule has 0 saturated carbocycles. The zero-order valence-electron chi connectivity index (χ0n) is 8.32. The van der Waals surface area contributed by atoms with E-state index >= 15 is 0 Å².